The molecule has 0 fully saturated rings. The normalized spacial score (nSPS) is 11.7. The summed E-state index contributed by atoms with van der Waals surface area (Å²) in [5, 5.41) is 0. The molecule has 94 valence electrons. The Hall–Kier alpha value is -1.79. The van der Waals surface area contributed by atoms with Gasteiger partial charge in [-0.3, -0.25) is 0 Å². The summed E-state index contributed by atoms with van der Waals surface area (Å²) in [7, 11) is -0.506. The van der Waals surface area contributed by atoms with E-state index in [2.05, 4.69) is 9.97 Å². The molecule has 0 amide bonds. The molecule has 0 saturated carbocycles. The second kappa shape index (κ2) is 4.83. The van der Waals surface area contributed by atoms with E-state index in [1.165, 1.54) is 18.4 Å². The monoisotopic (exact) mass is 263 g/mol. The minimum Gasteiger partial charge on any atom is -0.237 e. The molecule has 1 heterocycles. The highest BCUT2D eigenvalue weighted by atomic mass is 32.2. The maximum absolute atomic E-state index is 12.2. The van der Waals surface area contributed by atoms with Crippen LogP contribution in [-0.4, -0.2) is 36.8 Å². The Morgan fingerprint density at radius 3 is 2.22 bits per heavy atom. The maximum Gasteiger partial charge on any atom is 0.243 e. The molecule has 0 radical (unpaired) electrons. The number of rotatable bonds is 3. The quantitative estimate of drug-likeness (QED) is 0.839. The van der Waals surface area contributed by atoms with Gasteiger partial charge in [0.1, 0.15) is 0 Å². The molecule has 0 unspecified atom stereocenters. The fraction of sp³-hybridized carbons (Fsp3) is 0.167. The third-order valence-corrected chi connectivity index (χ3v) is 4.33. The summed E-state index contributed by atoms with van der Waals surface area (Å²) >= 11 is 0. The minimum atomic E-state index is -3.50. The van der Waals surface area contributed by atoms with E-state index in [-0.39, 0.29) is 4.90 Å². The van der Waals surface area contributed by atoms with Gasteiger partial charge in [-0.2, -0.15) is 0 Å². The van der Waals surface area contributed by atoms with Crippen LogP contribution in [0, 0.1) is 0 Å². The fourth-order valence-corrected chi connectivity index (χ4v) is 2.59. The van der Waals surface area contributed by atoms with Gasteiger partial charge in [0.25, 0.3) is 0 Å². The van der Waals surface area contributed by atoms with Crippen LogP contribution in [0.2, 0.25) is 0 Å². The standard InChI is InChI=1S/C12H13N3O2S/c1-15(2)18(16,17)11-7-4-3-6-10(11)12-13-8-5-9-14-12/h3-9H,1-2H3. The van der Waals surface area contributed by atoms with Gasteiger partial charge in [0, 0.05) is 32.1 Å². The van der Waals surface area contributed by atoms with Crippen molar-refractivity contribution >= 4 is 10.0 Å². The van der Waals surface area contributed by atoms with Gasteiger partial charge < -0.3 is 0 Å². The van der Waals surface area contributed by atoms with Crippen LogP contribution in [0.25, 0.3) is 11.4 Å². The summed E-state index contributed by atoms with van der Waals surface area (Å²) in [6, 6.07) is 8.39. The molecule has 0 aliphatic heterocycles. The molecule has 0 bridgehead atoms. The lowest BCUT2D eigenvalue weighted by Gasteiger charge is -2.14. The van der Waals surface area contributed by atoms with E-state index < -0.39 is 10.0 Å². The van der Waals surface area contributed by atoms with Crippen LogP contribution < -0.4 is 0 Å². The van der Waals surface area contributed by atoms with Gasteiger partial charge in [-0.1, -0.05) is 12.1 Å². The second-order valence-corrected chi connectivity index (χ2v) is 5.98. The molecule has 18 heavy (non-hydrogen) atoms. The molecule has 0 spiro atoms. The van der Waals surface area contributed by atoms with Crippen LogP contribution in [0.4, 0.5) is 0 Å². The van der Waals surface area contributed by atoms with Crippen molar-refractivity contribution in [3.8, 4) is 11.4 Å². The number of hydrogen-bond donors (Lipinski definition) is 0. The first-order valence-electron chi connectivity index (χ1n) is 5.32. The Kier molecular flexibility index (Phi) is 3.40. The highest BCUT2D eigenvalue weighted by molar-refractivity contribution is 7.89. The smallest absolute Gasteiger partial charge is 0.237 e. The summed E-state index contributed by atoms with van der Waals surface area (Å²) in [5.74, 6) is 0.401. The highest BCUT2D eigenvalue weighted by Gasteiger charge is 2.22. The van der Waals surface area contributed by atoms with Crippen molar-refractivity contribution < 1.29 is 8.42 Å². The van der Waals surface area contributed by atoms with Crippen LogP contribution in [0.5, 0.6) is 0 Å². The lowest BCUT2D eigenvalue weighted by atomic mass is 10.2. The molecule has 1 aromatic heterocycles. The lowest BCUT2D eigenvalue weighted by molar-refractivity contribution is 0.521. The van der Waals surface area contributed by atoms with E-state index >= 15 is 0 Å². The highest BCUT2D eigenvalue weighted by Crippen LogP contribution is 2.25. The van der Waals surface area contributed by atoms with Crippen LogP contribution in [-0.2, 0) is 10.0 Å². The average Bonchev–Trinajstić information content (AvgIpc) is 2.39. The van der Waals surface area contributed by atoms with Gasteiger partial charge in [0.05, 0.1) is 4.90 Å². The van der Waals surface area contributed by atoms with Crippen molar-refractivity contribution in [2.24, 2.45) is 0 Å². The predicted molar refractivity (Wildman–Crippen MR) is 68.3 cm³/mol. The van der Waals surface area contributed by atoms with E-state index in [0.29, 0.717) is 11.4 Å². The van der Waals surface area contributed by atoms with Crippen molar-refractivity contribution in [2.75, 3.05) is 14.1 Å². The Labute approximate surface area is 106 Å². The maximum atomic E-state index is 12.2. The van der Waals surface area contributed by atoms with Gasteiger partial charge in [-0.15, -0.1) is 0 Å². The molecule has 0 aliphatic rings. The second-order valence-electron chi connectivity index (χ2n) is 3.86. The van der Waals surface area contributed by atoms with Gasteiger partial charge in [0.2, 0.25) is 10.0 Å². The first-order chi connectivity index (χ1) is 8.53. The molecule has 2 rings (SSSR count). The van der Waals surface area contributed by atoms with E-state index in [0.717, 1.165) is 0 Å². The molecule has 0 saturated heterocycles. The number of nitrogens with zero attached hydrogens (tertiary/aromatic N) is 3. The summed E-state index contributed by atoms with van der Waals surface area (Å²) in [5.41, 5.74) is 0.506. The van der Waals surface area contributed by atoms with Gasteiger partial charge in [-0.05, 0) is 18.2 Å². The number of benzene rings is 1. The molecule has 6 heteroatoms. The first-order valence-corrected chi connectivity index (χ1v) is 6.76. The molecule has 0 aliphatic carbocycles. The molecular weight excluding hydrogens is 250 g/mol. The molecule has 2 aromatic rings. The van der Waals surface area contributed by atoms with Crippen molar-refractivity contribution in [1.82, 2.24) is 14.3 Å². The molecule has 5 nitrogen and oxygen atoms in total. The van der Waals surface area contributed by atoms with Crippen molar-refractivity contribution in [3.63, 3.8) is 0 Å². The van der Waals surface area contributed by atoms with Gasteiger partial charge in [0.15, 0.2) is 5.82 Å². The minimum absolute atomic E-state index is 0.209. The predicted octanol–water partition coefficient (Wildman–Crippen LogP) is 1.39. The van der Waals surface area contributed by atoms with Crippen molar-refractivity contribution in [1.29, 1.82) is 0 Å². The molecular formula is C12H13N3O2S. The zero-order valence-electron chi connectivity index (χ0n) is 10.1. The number of hydrogen-bond acceptors (Lipinski definition) is 4. The van der Waals surface area contributed by atoms with Crippen molar-refractivity contribution in [2.45, 2.75) is 4.90 Å². The summed E-state index contributed by atoms with van der Waals surface area (Å²) in [6.45, 7) is 0. The fourth-order valence-electron chi connectivity index (χ4n) is 1.51. The SMILES string of the molecule is CN(C)S(=O)(=O)c1ccccc1-c1ncccn1. The van der Waals surface area contributed by atoms with Gasteiger partial charge >= 0.3 is 0 Å². The van der Waals surface area contributed by atoms with Crippen LogP contribution >= 0.6 is 0 Å². The Morgan fingerprint density at radius 2 is 1.61 bits per heavy atom. The Bertz CT molecular complexity index is 639. The number of sulfonamides is 1. The van der Waals surface area contributed by atoms with Gasteiger partial charge in [-0.25, -0.2) is 22.7 Å². The summed E-state index contributed by atoms with van der Waals surface area (Å²) in [6.07, 6.45) is 3.17. The molecule has 0 N–H and O–H groups in total. The summed E-state index contributed by atoms with van der Waals surface area (Å²) in [4.78, 5) is 8.39. The zero-order chi connectivity index (χ0) is 13.2. The van der Waals surface area contributed by atoms with Crippen LogP contribution in [0.15, 0.2) is 47.6 Å². The van der Waals surface area contributed by atoms with E-state index in [9.17, 15) is 8.42 Å². The lowest BCUT2D eigenvalue weighted by Crippen LogP contribution is -2.23. The van der Waals surface area contributed by atoms with Crippen LogP contribution in [0.1, 0.15) is 0 Å². The van der Waals surface area contributed by atoms with E-state index in [1.54, 1.807) is 42.7 Å². The summed E-state index contributed by atoms with van der Waals surface area (Å²) < 4.78 is 25.6. The van der Waals surface area contributed by atoms with E-state index in [4.69, 9.17) is 0 Å². The average molecular weight is 263 g/mol. The Balaban J connectivity index is 2.65. The molecule has 0 atom stereocenters. The first kappa shape index (κ1) is 12.7. The number of aromatic nitrogens is 2. The Morgan fingerprint density at radius 1 is 1.00 bits per heavy atom. The van der Waals surface area contributed by atoms with E-state index in [1.807, 2.05) is 0 Å². The van der Waals surface area contributed by atoms with Crippen LogP contribution in [0.3, 0.4) is 0 Å². The third kappa shape index (κ3) is 2.25. The van der Waals surface area contributed by atoms with Crippen molar-refractivity contribution in [3.05, 3.63) is 42.7 Å². The largest absolute Gasteiger partial charge is 0.243 e. The zero-order valence-corrected chi connectivity index (χ0v) is 10.9. The molecule has 1 aromatic carbocycles. The topological polar surface area (TPSA) is 63.2 Å². The third-order valence-electron chi connectivity index (χ3n) is 2.45.